The highest BCUT2D eigenvalue weighted by atomic mass is 35.5. The van der Waals surface area contributed by atoms with Crippen molar-refractivity contribution >= 4 is 17.5 Å². The lowest BCUT2D eigenvalue weighted by atomic mass is 9.96. The second kappa shape index (κ2) is 7.37. The van der Waals surface area contributed by atoms with Gasteiger partial charge in [-0.1, -0.05) is 35.0 Å². The number of nitrogens with zero attached hydrogens (tertiary/aromatic N) is 4. The minimum Gasteiger partial charge on any atom is -0.378 e. The Bertz CT molecular complexity index is 779. The third-order valence-electron chi connectivity index (χ3n) is 5.52. The van der Waals surface area contributed by atoms with Gasteiger partial charge < -0.3 is 9.64 Å². The summed E-state index contributed by atoms with van der Waals surface area (Å²) >= 11 is 6.23. The Morgan fingerprint density at radius 1 is 1.23 bits per heavy atom. The highest BCUT2D eigenvalue weighted by Crippen LogP contribution is 2.41. The van der Waals surface area contributed by atoms with Gasteiger partial charge in [0.25, 0.3) is 0 Å². The number of benzene rings is 1. The Kier molecular flexibility index (Phi) is 4.96. The minimum absolute atomic E-state index is 0.183. The molecule has 0 N–H and O–H groups in total. The second-order valence-electron chi connectivity index (χ2n) is 7.20. The molecule has 2 fully saturated rings. The maximum atomic E-state index is 12.9. The van der Waals surface area contributed by atoms with Crippen molar-refractivity contribution in [1.29, 1.82) is 0 Å². The molecule has 6 nitrogen and oxygen atoms in total. The molecule has 2 aliphatic heterocycles. The molecule has 7 heteroatoms. The quantitative estimate of drug-likeness (QED) is 0.807. The Hall–Kier alpha value is -1.92. The molecule has 3 heterocycles. The number of fused-ring (bicyclic) bond motifs is 2. The highest BCUT2D eigenvalue weighted by Gasteiger charge is 2.43. The number of aromatic nitrogens is 3. The average molecular weight is 375 g/mol. The summed E-state index contributed by atoms with van der Waals surface area (Å²) in [6.45, 7) is 0.474. The van der Waals surface area contributed by atoms with Crippen molar-refractivity contribution in [3.63, 3.8) is 0 Å². The van der Waals surface area contributed by atoms with Gasteiger partial charge in [-0.05, 0) is 37.3 Å². The first kappa shape index (κ1) is 17.5. The van der Waals surface area contributed by atoms with E-state index in [4.69, 9.17) is 16.3 Å². The predicted octanol–water partition coefficient (Wildman–Crippen LogP) is 3.02. The van der Waals surface area contributed by atoms with E-state index in [1.54, 1.807) is 7.11 Å². The number of piperidine rings is 1. The molecular weight excluding hydrogens is 352 g/mol. The highest BCUT2D eigenvalue weighted by molar-refractivity contribution is 6.31. The van der Waals surface area contributed by atoms with Gasteiger partial charge in [-0.3, -0.25) is 4.79 Å². The third-order valence-corrected chi connectivity index (χ3v) is 5.89. The summed E-state index contributed by atoms with van der Waals surface area (Å²) in [4.78, 5) is 15.0. The molecule has 2 unspecified atom stereocenters. The summed E-state index contributed by atoms with van der Waals surface area (Å²) in [5.41, 5.74) is 1.75. The number of hydrogen-bond donors (Lipinski definition) is 0. The molecule has 2 aromatic rings. The molecule has 0 radical (unpaired) electrons. The lowest BCUT2D eigenvalue weighted by molar-refractivity contribution is -0.135. The third kappa shape index (κ3) is 3.35. The van der Waals surface area contributed by atoms with Gasteiger partial charge in [-0.25, -0.2) is 4.68 Å². The van der Waals surface area contributed by atoms with E-state index in [1.165, 1.54) is 0 Å². The number of amides is 1. The monoisotopic (exact) mass is 374 g/mol. The normalized spacial score (nSPS) is 24.8. The van der Waals surface area contributed by atoms with Crippen LogP contribution >= 0.6 is 11.6 Å². The maximum Gasteiger partial charge on any atom is 0.227 e. The van der Waals surface area contributed by atoms with Crippen LogP contribution in [0.4, 0.5) is 0 Å². The van der Waals surface area contributed by atoms with Crippen molar-refractivity contribution < 1.29 is 9.53 Å². The molecule has 2 aliphatic rings. The van der Waals surface area contributed by atoms with Crippen LogP contribution in [0, 0.1) is 0 Å². The first-order valence-corrected chi connectivity index (χ1v) is 9.47. The number of rotatable bonds is 5. The number of carbonyl (C=O) groups is 1. The summed E-state index contributed by atoms with van der Waals surface area (Å²) in [6, 6.07) is 8.45. The summed E-state index contributed by atoms with van der Waals surface area (Å²) in [7, 11) is 1.66. The number of hydrogen-bond acceptors (Lipinski definition) is 4. The van der Waals surface area contributed by atoms with Crippen LogP contribution in [0.2, 0.25) is 5.02 Å². The van der Waals surface area contributed by atoms with Crippen LogP contribution in [0.15, 0.2) is 30.5 Å². The number of ether oxygens (including phenoxy) is 1. The van der Waals surface area contributed by atoms with Crippen molar-refractivity contribution in [2.45, 2.75) is 56.8 Å². The molecule has 0 saturated carbocycles. The molecule has 0 aliphatic carbocycles. The van der Waals surface area contributed by atoms with E-state index in [-0.39, 0.29) is 18.0 Å². The van der Waals surface area contributed by atoms with Crippen LogP contribution in [-0.2, 0) is 22.6 Å². The van der Waals surface area contributed by atoms with E-state index in [0.717, 1.165) is 36.9 Å². The van der Waals surface area contributed by atoms with Gasteiger partial charge in [0.15, 0.2) is 0 Å². The first-order chi connectivity index (χ1) is 12.7. The van der Waals surface area contributed by atoms with E-state index >= 15 is 0 Å². The van der Waals surface area contributed by atoms with Crippen molar-refractivity contribution in [3.8, 4) is 0 Å². The largest absolute Gasteiger partial charge is 0.378 e. The van der Waals surface area contributed by atoms with Crippen LogP contribution in [0.1, 0.15) is 43.0 Å². The first-order valence-electron chi connectivity index (χ1n) is 9.10. The molecule has 1 aromatic heterocycles. The predicted molar refractivity (Wildman–Crippen MR) is 97.8 cm³/mol. The van der Waals surface area contributed by atoms with Crippen LogP contribution in [0.3, 0.4) is 0 Å². The smallest absolute Gasteiger partial charge is 0.227 e. The van der Waals surface area contributed by atoms with Gasteiger partial charge in [0.05, 0.1) is 25.3 Å². The zero-order valence-corrected chi connectivity index (χ0v) is 15.6. The molecule has 26 heavy (non-hydrogen) atoms. The van der Waals surface area contributed by atoms with E-state index in [0.29, 0.717) is 24.1 Å². The van der Waals surface area contributed by atoms with Crippen molar-refractivity contribution in [1.82, 2.24) is 19.9 Å². The van der Waals surface area contributed by atoms with Gasteiger partial charge in [0, 0.05) is 24.2 Å². The number of halogens is 1. The fourth-order valence-electron chi connectivity index (χ4n) is 4.37. The minimum atomic E-state index is 0.183. The molecular formula is C19H23ClN4O2. The van der Waals surface area contributed by atoms with Crippen LogP contribution in [0.5, 0.6) is 0 Å². The van der Waals surface area contributed by atoms with Gasteiger partial charge >= 0.3 is 0 Å². The lowest BCUT2D eigenvalue weighted by Gasteiger charge is -2.39. The Morgan fingerprint density at radius 2 is 1.96 bits per heavy atom. The molecule has 2 saturated heterocycles. The fourth-order valence-corrected chi connectivity index (χ4v) is 4.58. The van der Waals surface area contributed by atoms with Gasteiger partial charge in [0.1, 0.15) is 5.69 Å². The summed E-state index contributed by atoms with van der Waals surface area (Å²) in [6.07, 6.45) is 6.33. The number of methoxy groups -OCH3 is 1. The number of carbonyl (C=O) groups excluding carboxylic acids is 1. The zero-order valence-electron chi connectivity index (χ0n) is 14.8. The maximum absolute atomic E-state index is 12.9. The van der Waals surface area contributed by atoms with Crippen molar-refractivity contribution in [2.75, 3.05) is 7.11 Å². The topological polar surface area (TPSA) is 60.2 Å². The molecule has 0 spiro atoms. The molecule has 1 amide bonds. The van der Waals surface area contributed by atoms with E-state index in [2.05, 4.69) is 15.2 Å². The van der Waals surface area contributed by atoms with Crippen LogP contribution in [-0.4, -0.2) is 45.0 Å². The molecule has 138 valence electrons. The molecule has 4 rings (SSSR count). The zero-order chi connectivity index (χ0) is 18.1. The Labute approximate surface area is 158 Å². The van der Waals surface area contributed by atoms with Crippen molar-refractivity contribution in [2.24, 2.45) is 0 Å². The lowest BCUT2D eigenvalue weighted by Crippen LogP contribution is -2.47. The second-order valence-corrected chi connectivity index (χ2v) is 7.61. The molecule has 2 bridgehead atoms. The average Bonchev–Trinajstić information content (AvgIpc) is 3.20. The summed E-state index contributed by atoms with van der Waals surface area (Å²) < 4.78 is 7.07. The summed E-state index contributed by atoms with van der Waals surface area (Å²) in [5.74, 6) is 0.183. The van der Waals surface area contributed by atoms with Gasteiger partial charge in [-0.2, -0.15) is 0 Å². The Morgan fingerprint density at radius 3 is 2.65 bits per heavy atom. The van der Waals surface area contributed by atoms with E-state index in [1.807, 2.05) is 35.1 Å². The van der Waals surface area contributed by atoms with Gasteiger partial charge in [-0.15, -0.1) is 5.10 Å². The van der Waals surface area contributed by atoms with Crippen molar-refractivity contribution in [3.05, 3.63) is 46.7 Å². The van der Waals surface area contributed by atoms with Gasteiger partial charge in [0.2, 0.25) is 5.91 Å². The molecule has 2 atom stereocenters. The van der Waals surface area contributed by atoms with Crippen LogP contribution in [0.25, 0.3) is 0 Å². The standard InChI is InChI=1S/C19H23ClN4O2/c1-26-12-14-11-23(22-21-14)17-9-15-6-7-16(10-17)24(15)19(25)8-13-4-2-3-5-18(13)20/h2-5,11,15-17H,6-10,12H2,1H3. The molecule has 1 aromatic carbocycles. The summed E-state index contributed by atoms with van der Waals surface area (Å²) in [5, 5.41) is 9.10. The van der Waals surface area contributed by atoms with Crippen LogP contribution < -0.4 is 0 Å². The van der Waals surface area contributed by atoms with E-state index < -0.39 is 0 Å². The Balaban J connectivity index is 1.45. The SMILES string of the molecule is COCc1cn(C2CC3CCC(C2)N3C(=O)Cc2ccccc2Cl)nn1. The fraction of sp³-hybridized carbons (Fsp3) is 0.526. The van der Waals surface area contributed by atoms with E-state index in [9.17, 15) is 4.79 Å².